The van der Waals surface area contributed by atoms with Crippen LogP contribution < -0.4 is 15.4 Å². The van der Waals surface area contributed by atoms with Crippen LogP contribution in [0, 0.1) is 6.92 Å². The maximum Gasteiger partial charge on any atom is 0.261 e. The van der Waals surface area contributed by atoms with Crippen molar-refractivity contribution in [2.45, 2.75) is 51.8 Å². The topological polar surface area (TPSA) is 50.4 Å². The van der Waals surface area contributed by atoms with Gasteiger partial charge in [0.25, 0.3) is 5.91 Å². The number of aryl methyl sites for hydroxylation is 1. The van der Waals surface area contributed by atoms with E-state index in [9.17, 15) is 4.79 Å². The fourth-order valence-electron chi connectivity index (χ4n) is 2.49. The van der Waals surface area contributed by atoms with E-state index < -0.39 is 6.10 Å². The largest absolute Gasteiger partial charge is 0.481 e. The molecule has 1 aromatic rings. The summed E-state index contributed by atoms with van der Waals surface area (Å²) in [4.78, 5) is 12.2. The lowest BCUT2D eigenvalue weighted by Crippen LogP contribution is -2.54. The molecule has 3 atom stereocenters. The molecule has 124 valence electrons. The van der Waals surface area contributed by atoms with Crippen molar-refractivity contribution in [3.63, 3.8) is 0 Å². The molecule has 0 aromatic heterocycles. The van der Waals surface area contributed by atoms with Crippen LogP contribution in [0.1, 0.15) is 32.3 Å². The average molecular weight is 347 g/mol. The Morgan fingerprint density at radius 1 is 1.50 bits per heavy atom. The lowest BCUT2D eigenvalue weighted by Gasteiger charge is -2.31. The summed E-state index contributed by atoms with van der Waals surface area (Å²) in [5, 5.41) is 7.13. The number of nitrogens with one attached hydrogen (secondary N) is 2. The highest BCUT2D eigenvalue weighted by Gasteiger charge is 2.25. The second kappa shape index (κ2) is 8.61. The van der Waals surface area contributed by atoms with Gasteiger partial charge in [0, 0.05) is 17.1 Å². The number of carbonyl (C=O) groups excluding carboxylic acids is 1. The first-order chi connectivity index (χ1) is 9.97. The summed E-state index contributed by atoms with van der Waals surface area (Å²) in [6.07, 6.45) is 1.56. The van der Waals surface area contributed by atoms with E-state index in [-0.39, 0.29) is 24.4 Å². The van der Waals surface area contributed by atoms with Gasteiger partial charge in [-0.3, -0.25) is 4.79 Å². The van der Waals surface area contributed by atoms with Crippen LogP contribution in [-0.4, -0.2) is 30.6 Å². The molecule has 0 bridgehead atoms. The molecule has 22 heavy (non-hydrogen) atoms. The van der Waals surface area contributed by atoms with Gasteiger partial charge in [-0.1, -0.05) is 11.6 Å². The number of benzene rings is 1. The second-order valence-corrected chi connectivity index (χ2v) is 6.08. The zero-order chi connectivity index (χ0) is 15.4. The Balaban J connectivity index is 0.00000242. The molecule has 0 saturated carbocycles. The van der Waals surface area contributed by atoms with Gasteiger partial charge in [-0.05, 0) is 63.9 Å². The summed E-state index contributed by atoms with van der Waals surface area (Å²) in [6, 6.07) is 5.88. The SMILES string of the molecule is Cc1cc(OC(C)C(=O)NC2CCCNC2C)ccc1Cl.Cl. The normalized spacial score (nSPS) is 22.4. The summed E-state index contributed by atoms with van der Waals surface area (Å²) in [5.41, 5.74) is 0.937. The quantitative estimate of drug-likeness (QED) is 0.880. The van der Waals surface area contributed by atoms with Gasteiger partial charge in [0.2, 0.25) is 0 Å². The van der Waals surface area contributed by atoms with Crippen molar-refractivity contribution in [1.29, 1.82) is 0 Å². The average Bonchev–Trinajstić information content (AvgIpc) is 2.45. The minimum atomic E-state index is -0.528. The van der Waals surface area contributed by atoms with Gasteiger partial charge in [0.05, 0.1) is 0 Å². The Morgan fingerprint density at radius 3 is 2.86 bits per heavy atom. The van der Waals surface area contributed by atoms with E-state index in [1.807, 2.05) is 13.0 Å². The maximum atomic E-state index is 12.2. The number of piperidine rings is 1. The highest BCUT2D eigenvalue weighted by atomic mass is 35.5. The van der Waals surface area contributed by atoms with Crippen molar-refractivity contribution in [3.8, 4) is 5.75 Å². The van der Waals surface area contributed by atoms with Crippen molar-refractivity contribution in [3.05, 3.63) is 28.8 Å². The molecule has 0 spiro atoms. The summed E-state index contributed by atoms with van der Waals surface area (Å²) in [6.45, 7) is 6.79. The standard InChI is InChI=1S/C16H23ClN2O2.ClH/c1-10-9-13(6-7-14(10)17)21-12(3)16(20)19-15-5-4-8-18-11(15)2;/h6-7,9,11-12,15,18H,4-5,8H2,1-3H3,(H,19,20);1H. The molecule has 0 radical (unpaired) electrons. The minimum Gasteiger partial charge on any atom is -0.481 e. The predicted molar refractivity (Wildman–Crippen MR) is 92.2 cm³/mol. The molecular formula is C16H24Cl2N2O2. The van der Waals surface area contributed by atoms with Crippen LogP contribution in [0.15, 0.2) is 18.2 Å². The van der Waals surface area contributed by atoms with Crippen molar-refractivity contribution < 1.29 is 9.53 Å². The fraction of sp³-hybridized carbons (Fsp3) is 0.562. The van der Waals surface area contributed by atoms with E-state index in [0.717, 1.165) is 24.9 Å². The molecule has 1 aliphatic rings. The van der Waals surface area contributed by atoms with Gasteiger partial charge in [-0.15, -0.1) is 12.4 Å². The first-order valence-electron chi connectivity index (χ1n) is 7.44. The summed E-state index contributed by atoms with van der Waals surface area (Å²) >= 11 is 5.98. The summed E-state index contributed by atoms with van der Waals surface area (Å²) < 4.78 is 5.70. The summed E-state index contributed by atoms with van der Waals surface area (Å²) in [7, 11) is 0. The highest BCUT2D eigenvalue weighted by Crippen LogP contribution is 2.22. The second-order valence-electron chi connectivity index (χ2n) is 5.67. The third-order valence-electron chi connectivity index (χ3n) is 3.90. The highest BCUT2D eigenvalue weighted by molar-refractivity contribution is 6.31. The molecule has 3 unspecified atom stereocenters. The van der Waals surface area contributed by atoms with E-state index in [2.05, 4.69) is 17.6 Å². The molecule has 6 heteroatoms. The van der Waals surface area contributed by atoms with E-state index in [1.54, 1.807) is 19.1 Å². The summed E-state index contributed by atoms with van der Waals surface area (Å²) in [5.74, 6) is 0.581. The molecule has 2 rings (SSSR count). The first kappa shape index (κ1) is 19.1. The number of hydrogen-bond acceptors (Lipinski definition) is 3. The fourth-order valence-corrected chi connectivity index (χ4v) is 2.61. The monoisotopic (exact) mass is 346 g/mol. The van der Waals surface area contributed by atoms with E-state index in [0.29, 0.717) is 16.8 Å². The molecule has 1 aromatic carbocycles. The Kier molecular flexibility index (Phi) is 7.46. The van der Waals surface area contributed by atoms with Crippen LogP contribution in [0.3, 0.4) is 0 Å². The van der Waals surface area contributed by atoms with Gasteiger partial charge >= 0.3 is 0 Å². The Labute approximate surface area is 143 Å². The first-order valence-corrected chi connectivity index (χ1v) is 7.81. The van der Waals surface area contributed by atoms with Crippen LogP contribution in [-0.2, 0) is 4.79 Å². The third-order valence-corrected chi connectivity index (χ3v) is 4.33. The molecule has 4 nitrogen and oxygen atoms in total. The zero-order valence-electron chi connectivity index (χ0n) is 13.2. The van der Waals surface area contributed by atoms with E-state index in [1.165, 1.54) is 0 Å². The lowest BCUT2D eigenvalue weighted by atomic mass is 10.00. The number of amides is 1. The number of ether oxygens (including phenoxy) is 1. The Bertz CT molecular complexity index is 511. The molecule has 1 amide bonds. The van der Waals surface area contributed by atoms with Gasteiger partial charge in [-0.2, -0.15) is 0 Å². The van der Waals surface area contributed by atoms with E-state index >= 15 is 0 Å². The molecule has 1 fully saturated rings. The molecular weight excluding hydrogens is 323 g/mol. The maximum absolute atomic E-state index is 12.2. The van der Waals surface area contributed by atoms with Crippen LogP contribution in [0.4, 0.5) is 0 Å². The van der Waals surface area contributed by atoms with Crippen molar-refractivity contribution in [2.24, 2.45) is 0 Å². The van der Waals surface area contributed by atoms with Crippen molar-refractivity contribution in [1.82, 2.24) is 10.6 Å². The van der Waals surface area contributed by atoms with E-state index in [4.69, 9.17) is 16.3 Å². The molecule has 1 aliphatic heterocycles. The molecule has 1 saturated heterocycles. The Morgan fingerprint density at radius 2 is 2.23 bits per heavy atom. The lowest BCUT2D eigenvalue weighted by molar-refractivity contribution is -0.128. The Hall–Kier alpha value is -0.970. The number of rotatable bonds is 4. The number of hydrogen-bond donors (Lipinski definition) is 2. The van der Waals surface area contributed by atoms with Crippen LogP contribution in [0.5, 0.6) is 5.75 Å². The van der Waals surface area contributed by atoms with Gasteiger partial charge in [0.15, 0.2) is 6.10 Å². The molecule has 0 aliphatic carbocycles. The van der Waals surface area contributed by atoms with Crippen LogP contribution in [0.2, 0.25) is 5.02 Å². The number of halogens is 2. The molecule has 1 heterocycles. The van der Waals surface area contributed by atoms with Crippen molar-refractivity contribution >= 4 is 29.9 Å². The van der Waals surface area contributed by atoms with Gasteiger partial charge in [0.1, 0.15) is 5.75 Å². The van der Waals surface area contributed by atoms with Gasteiger partial charge < -0.3 is 15.4 Å². The van der Waals surface area contributed by atoms with Crippen LogP contribution >= 0.6 is 24.0 Å². The zero-order valence-corrected chi connectivity index (χ0v) is 14.8. The predicted octanol–water partition coefficient (Wildman–Crippen LogP) is 3.09. The molecule has 2 N–H and O–H groups in total. The van der Waals surface area contributed by atoms with Crippen LogP contribution in [0.25, 0.3) is 0 Å². The van der Waals surface area contributed by atoms with Gasteiger partial charge in [-0.25, -0.2) is 0 Å². The minimum absolute atomic E-state index is 0. The van der Waals surface area contributed by atoms with Crippen molar-refractivity contribution in [2.75, 3.05) is 6.54 Å². The smallest absolute Gasteiger partial charge is 0.261 e. The number of carbonyl (C=O) groups is 1. The third kappa shape index (κ3) is 5.04.